The van der Waals surface area contributed by atoms with Crippen molar-refractivity contribution in [2.75, 3.05) is 29.9 Å². The van der Waals surface area contributed by atoms with Gasteiger partial charge in [0.05, 0.1) is 12.2 Å². The number of fused-ring (bicyclic) bond motifs is 7. The number of amides is 1. The fourth-order valence-corrected chi connectivity index (χ4v) is 8.98. The van der Waals surface area contributed by atoms with Crippen LogP contribution in [-0.4, -0.2) is 50.9 Å². The third-order valence-corrected chi connectivity index (χ3v) is 11.4. The molecule has 1 atom stereocenters. The molecule has 1 amide bonds. The van der Waals surface area contributed by atoms with Gasteiger partial charge in [0.1, 0.15) is 16.7 Å². The van der Waals surface area contributed by atoms with Crippen LogP contribution in [0.25, 0.3) is 5.82 Å². The summed E-state index contributed by atoms with van der Waals surface area (Å²) in [6.07, 6.45) is 12.0. The molecule has 2 aliphatic heterocycles. The molecular formula is C32H39N7O2S. The maximum atomic E-state index is 13.6. The average Bonchev–Trinajstić information content (AvgIpc) is 3.93. The first kappa shape index (κ1) is 26.4. The summed E-state index contributed by atoms with van der Waals surface area (Å²) in [5.41, 5.74) is 1.84. The summed E-state index contributed by atoms with van der Waals surface area (Å²) in [7, 11) is 0. The van der Waals surface area contributed by atoms with Crippen molar-refractivity contribution in [3.8, 4) is 11.7 Å². The lowest BCUT2D eigenvalue weighted by Crippen LogP contribution is -2.40. The van der Waals surface area contributed by atoms with Crippen LogP contribution < -0.4 is 19.7 Å². The Hall–Kier alpha value is -3.27. The number of carbonyl (C=O) groups excluding carboxylic acids is 1. The minimum Gasteiger partial charge on any atom is -0.477 e. The Balaban J connectivity index is 1.04. The lowest BCUT2D eigenvalue weighted by molar-refractivity contribution is 0.0984. The largest absolute Gasteiger partial charge is 0.477 e. The van der Waals surface area contributed by atoms with Gasteiger partial charge in [-0.2, -0.15) is 0 Å². The van der Waals surface area contributed by atoms with Gasteiger partial charge in [0.15, 0.2) is 5.82 Å². The third-order valence-electron chi connectivity index (χ3n) is 10.7. The molecule has 4 fully saturated rings. The molecule has 3 aromatic heterocycles. The van der Waals surface area contributed by atoms with Gasteiger partial charge >= 0.3 is 0 Å². The number of nitrogens with one attached hydrogen (secondary N) is 2. The summed E-state index contributed by atoms with van der Waals surface area (Å²) in [6, 6.07) is 11.5. The number of ether oxygens (including phenoxy) is 1. The Bertz CT molecular complexity index is 1510. The second kappa shape index (κ2) is 9.62. The third kappa shape index (κ3) is 4.44. The number of rotatable bonds is 5. The molecule has 0 aromatic carbocycles. The van der Waals surface area contributed by atoms with E-state index < -0.39 is 0 Å². The highest BCUT2D eigenvalue weighted by Gasteiger charge is 2.85. The van der Waals surface area contributed by atoms with Crippen LogP contribution in [0.5, 0.6) is 5.88 Å². The number of carbonyl (C=O) groups is 1. The van der Waals surface area contributed by atoms with Crippen molar-refractivity contribution < 1.29 is 9.53 Å². The summed E-state index contributed by atoms with van der Waals surface area (Å²) in [6.45, 7) is 6.96. The lowest BCUT2D eigenvalue weighted by atomic mass is 9.93. The van der Waals surface area contributed by atoms with Crippen LogP contribution in [0.4, 0.5) is 11.6 Å². The number of anilines is 2. The molecule has 0 radical (unpaired) electrons. The molecule has 1 saturated heterocycles. The van der Waals surface area contributed by atoms with Gasteiger partial charge < -0.3 is 15.0 Å². The van der Waals surface area contributed by atoms with Crippen molar-refractivity contribution >= 4 is 29.5 Å². The van der Waals surface area contributed by atoms with Gasteiger partial charge in [-0.15, -0.1) is 5.10 Å². The van der Waals surface area contributed by atoms with Gasteiger partial charge in [-0.25, -0.2) is 14.6 Å². The molecule has 10 heteroatoms. The summed E-state index contributed by atoms with van der Waals surface area (Å²) in [4.78, 5) is 25.6. The number of nitrogens with zero attached hydrogens (tertiary/aromatic N) is 5. The van der Waals surface area contributed by atoms with Gasteiger partial charge in [-0.1, -0.05) is 6.07 Å². The van der Waals surface area contributed by atoms with Crippen LogP contribution in [0.15, 0.2) is 47.6 Å². The number of pyridine rings is 2. The molecule has 0 unspecified atom stereocenters. The zero-order valence-electron chi connectivity index (χ0n) is 24.4. The van der Waals surface area contributed by atoms with E-state index in [0.717, 1.165) is 62.1 Å². The van der Waals surface area contributed by atoms with Gasteiger partial charge in [-0.05, 0) is 112 Å². The van der Waals surface area contributed by atoms with E-state index in [-0.39, 0.29) is 11.4 Å². The molecule has 42 heavy (non-hydrogen) atoms. The Morgan fingerprint density at radius 3 is 2.71 bits per heavy atom. The average molecular weight is 586 g/mol. The fourth-order valence-electron chi connectivity index (χ4n) is 8.38. The molecule has 2 N–H and O–H groups in total. The van der Waals surface area contributed by atoms with E-state index in [1.165, 1.54) is 37.6 Å². The van der Waals surface area contributed by atoms with Crippen LogP contribution in [0.1, 0.15) is 75.6 Å². The van der Waals surface area contributed by atoms with Gasteiger partial charge in [-0.3, -0.25) is 9.52 Å². The van der Waals surface area contributed by atoms with E-state index in [1.54, 1.807) is 4.68 Å². The van der Waals surface area contributed by atoms with E-state index in [4.69, 9.17) is 14.8 Å². The minimum absolute atomic E-state index is 0.131. The Kier molecular flexibility index (Phi) is 6.04. The lowest BCUT2D eigenvalue weighted by Gasteiger charge is -2.34. The molecule has 8 rings (SSSR count). The highest BCUT2D eigenvalue weighted by molar-refractivity contribution is 7.97. The predicted octanol–water partition coefficient (Wildman–Crippen LogP) is 5.87. The Morgan fingerprint density at radius 2 is 1.90 bits per heavy atom. The quantitative estimate of drug-likeness (QED) is 0.359. The van der Waals surface area contributed by atoms with Crippen molar-refractivity contribution in [1.29, 1.82) is 0 Å². The SMILES string of the molecule is CC1(C)C[C@H]2CCCNc3cccc(n3)SNC(=O)c3ccc(-n4ccc(OCCC5C6(CC6)C56CC6)n4)nc3N1C2. The van der Waals surface area contributed by atoms with Crippen LogP contribution in [-0.2, 0) is 0 Å². The first-order valence-electron chi connectivity index (χ1n) is 15.5. The Morgan fingerprint density at radius 1 is 1.07 bits per heavy atom. The van der Waals surface area contributed by atoms with Crippen LogP contribution in [0, 0.1) is 22.7 Å². The first-order chi connectivity index (χ1) is 20.4. The second-order valence-electron chi connectivity index (χ2n) is 13.6. The van der Waals surface area contributed by atoms with Crippen molar-refractivity contribution in [1.82, 2.24) is 24.5 Å². The normalized spacial score (nSPS) is 24.8. The van der Waals surface area contributed by atoms with Gasteiger partial charge in [0.25, 0.3) is 5.91 Å². The smallest absolute Gasteiger partial charge is 0.265 e. The van der Waals surface area contributed by atoms with Crippen molar-refractivity contribution in [3.05, 3.63) is 48.2 Å². The molecule has 220 valence electrons. The minimum atomic E-state index is -0.185. The highest BCUT2D eigenvalue weighted by atomic mass is 32.2. The van der Waals surface area contributed by atoms with Gasteiger partial charge in [0.2, 0.25) is 5.88 Å². The summed E-state index contributed by atoms with van der Waals surface area (Å²) in [5, 5.41) is 8.89. The summed E-state index contributed by atoms with van der Waals surface area (Å²) >= 11 is 1.23. The molecule has 4 bridgehead atoms. The van der Waals surface area contributed by atoms with Crippen molar-refractivity contribution in [2.45, 2.75) is 75.8 Å². The number of hydrogen-bond acceptors (Lipinski definition) is 8. The molecule has 5 heterocycles. The van der Waals surface area contributed by atoms with E-state index >= 15 is 0 Å². The van der Waals surface area contributed by atoms with E-state index in [1.807, 2.05) is 42.6 Å². The molecular weight excluding hydrogens is 546 g/mol. The monoisotopic (exact) mass is 585 g/mol. The predicted molar refractivity (Wildman–Crippen MR) is 163 cm³/mol. The zero-order valence-corrected chi connectivity index (χ0v) is 25.3. The fraction of sp³-hybridized carbons (Fsp3) is 0.562. The first-order valence-corrected chi connectivity index (χ1v) is 16.3. The topological polar surface area (TPSA) is 97.2 Å². The molecule has 9 nitrogen and oxygen atoms in total. The van der Waals surface area contributed by atoms with Crippen LogP contribution in [0.2, 0.25) is 0 Å². The standard InChI is InChI=1S/C32H39N7O2S/c1-30(2)19-21-5-4-16-33-24-6-3-7-27(34-24)42-37-29(40)22-8-9-25(35-28(22)38(30)20-21)39-17-10-26(36-39)41-18-11-23-31(12-13-31)32(23)14-15-32/h3,6-10,17,21,23H,4-5,11-16,18-20H2,1-2H3,(H,33,34)(H,37,40)/t21-/m1/s1. The maximum absolute atomic E-state index is 13.6. The second-order valence-corrected chi connectivity index (χ2v) is 14.4. The van der Waals surface area contributed by atoms with Gasteiger partial charge in [0, 0.05) is 42.8 Å². The number of hydrogen-bond donors (Lipinski definition) is 2. The van der Waals surface area contributed by atoms with E-state index in [2.05, 4.69) is 33.8 Å². The molecule has 3 saturated carbocycles. The zero-order chi connectivity index (χ0) is 28.5. The van der Waals surface area contributed by atoms with Crippen molar-refractivity contribution in [2.24, 2.45) is 22.7 Å². The highest BCUT2D eigenvalue weighted by Crippen LogP contribution is 2.93. The van der Waals surface area contributed by atoms with Crippen LogP contribution in [0.3, 0.4) is 0 Å². The number of aromatic nitrogens is 4. The van der Waals surface area contributed by atoms with E-state index in [9.17, 15) is 4.79 Å². The summed E-state index contributed by atoms with van der Waals surface area (Å²) < 4.78 is 10.9. The molecule has 5 aliphatic rings. The maximum Gasteiger partial charge on any atom is 0.265 e. The summed E-state index contributed by atoms with van der Waals surface area (Å²) in [5.74, 6) is 4.03. The molecule has 2 spiro atoms. The van der Waals surface area contributed by atoms with Crippen LogP contribution >= 0.6 is 11.9 Å². The molecule has 3 aromatic rings. The van der Waals surface area contributed by atoms with Crippen molar-refractivity contribution in [3.63, 3.8) is 0 Å². The Labute approximate surface area is 251 Å². The van der Waals surface area contributed by atoms with E-state index in [0.29, 0.717) is 39.8 Å². The molecule has 3 aliphatic carbocycles.